The Bertz CT molecular complexity index is 518. The average molecular weight is 357 g/mol. The van der Waals surface area contributed by atoms with Crippen LogP contribution in [-0.2, 0) is 0 Å². The van der Waals surface area contributed by atoms with Crippen molar-refractivity contribution in [2.24, 2.45) is 0 Å². The minimum Gasteiger partial charge on any atom is -0.365 e. The molecule has 1 aromatic heterocycles. The Morgan fingerprint density at radius 3 is 2.76 bits per heavy atom. The van der Waals surface area contributed by atoms with E-state index >= 15 is 0 Å². The van der Waals surface area contributed by atoms with Gasteiger partial charge < -0.3 is 10.2 Å². The summed E-state index contributed by atoms with van der Waals surface area (Å²) in [6, 6.07) is 0.243. The Morgan fingerprint density at radius 1 is 1.48 bits per heavy atom. The van der Waals surface area contributed by atoms with E-state index in [-0.39, 0.29) is 11.7 Å². The molecule has 1 aliphatic rings. The van der Waals surface area contributed by atoms with Crippen LogP contribution in [0.25, 0.3) is 0 Å². The van der Waals surface area contributed by atoms with Gasteiger partial charge in [0, 0.05) is 18.2 Å². The lowest BCUT2D eigenvalue weighted by molar-refractivity contribution is -0.385. The van der Waals surface area contributed by atoms with Crippen LogP contribution in [0.2, 0.25) is 0 Å². The summed E-state index contributed by atoms with van der Waals surface area (Å²) in [7, 11) is 0. The summed E-state index contributed by atoms with van der Waals surface area (Å²) < 4.78 is 0.669. The number of nitrogens with zero attached hydrogens (tertiary/aromatic N) is 3. The number of aromatic nitrogens is 1. The molecular weight excluding hydrogens is 336 g/mol. The first-order valence-electron chi connectivity index (χ1n) is 7.27. The van der Waals surface area contributed by atoms with E-state index < -0.39 is 4.92 Å². The molecule has 1 atom stereocenters. The summed E-state index contributed by atoms with van der Waals surface area (Å²) in [4.78, 5) is 17.1. The van der Waals surface area contributed by atoms with Crippen molar-refractivity contribution in [1.29, 1.82) is 0 Å². The Morgan fingerprint density at radius 2 is 2.14 bits per heavy atom. The molecule has 1 N–H and O–H groups in total. The Kier molecular flexibility index (Phi) is 5.52. The summed E-state index contributed by atoms with van der Waals surface area (Å²) in [5, 5.41) is 14.2. The third-order valence-corrected chi connectivity index (χ3v) is 4.77. The zero-order chi connectivity index (χ0) is 15.4. The minimum atomic E-state index is -0.409. The first kappa shape index (κ1) is 16.2. The Labute approximate surface area is 133 Å². The molecular formula is C14H21BrN4O2. The predicted molar refractivity (Wildman–Crippen MR) is 86.7 cm³/mol. The number of halogens is 1. The predicted octanol–water partition coefficient (Wildman–Crippen LogP) is 3.35. The maximum Gasteiger partial charge on any atom is 0.291 e. The molecule has 1 aliphatic heterocycles. The zero-order valence-electron chi connectivity index (χ0n) is 12.4. The third-order valence-electron chi connectivity index (χ3n) is 3.80. The van der Waals surface area contributed by atoms with Crippen molar-refractivity contribution >= 4 is 27.4 Å². The quantitative estimate of drug-likeness (QED) is 0.646. The summed E-state index contributed by atoms with van der Waals surface area (Å²) in [6.45, 7) is 7.10. The molecule has 1 aromatic rings. The Hall–Kier alpha value is -1.21. The number of piperidine rings is 1. The van der Waals surface area contributed by atoms with E-state index in [1.165, 1.54) is 25.5 Å². The van der Waals surface area contributed by atoms with Gasteiger partial charge in [-0.1, -0.05) is 6.42 Å². The van der Waals surface area contributed by atoms with E-state index in [2.05, 4.69) is 38.1 Å². The number of nitrogens with one attached hydrogen (secondary N) is 1. The van der Waals surface area contributed by atoms with Gasteiger partial charge in [0.2, 0.25) is 0 Å². The van der Waals surface area contributed by atoms with Crippen molar-refractivity contribution in [3.8, 4) is 0 Å². The van der Waals surface area contributed by atoms with Gasteiger partial charge in [0.1, 0.15) is 12.0 Å². The van der Waals surface area contributed by atoms with Crippen LogP contribution in [0, 0.1) is 17.0 Å². The second-order valence-electron chi connectivity index (χ2n) is 5.59. The maximum absolute atomic E-state index is 10.9. The van der Waals surface area contributed by atoms with E-state index in [0.29, 0.717) is 15.9 Å². The van der Waals surface area contributed by atoms with Crippen molar-refractivity contribution < 1.29 is 4.92 Å². The number of hydrogen-bond acceptors (Lipinski definition) is 5. The molecule has 116 valence electrons. The fourth-order valence-corrected chi connectivity index (χ4v) is 3.08. The number of anilines is 1. The van der Waals surface area contributed by atoms with E-state index in [4.69, 9.17) is 0 Å². The van der Waals surface area contributed by atoms with Gasteiger partial charge >= 0.3 is 0 Å². The molecule has 0 aromatic carbocycles. The molecule has 2 heterocycles. The molecule has 1 fully saturated rings. The lowest BCUT2D eigenvalue weighted by atomic mass is 10.1. The first-order chi connectivity index (χ1) is 9.99. The number of pyridine rings is 1. The molecule has 0 radical (unpaired) electrons. The smallest absolute Gasteiger partial charge is 0.291 e. The van der Waals surface area contributed by atoms with E-state index in [9.17, 15) is 10.1 Å². The fraction of sp³-hybridized carbons (Fsp3) is 0.643. The van der Waals surface area contributed by atoms with Gasteiger partial charge in [-0.3, -0.25) is 10.1 Å². The number of rotatable bonds is 5. The highest BCUT2D eigenvalue weighted by atomic mass is 79.9. The topological polar surface area (TPSA) is 71.3 Å². The van der Waals surface area contributed by atoms with Gasteiger partial charge in [-0.2, -0.15) is 0 Å². The Balaban J connectivity index is 2.01. The van der Waals surface area contributed by atoms with Crippen molar-refractivity contribution in [2.45, 2.75) is 39.2 Å². The lowest BCUT2D eigenvalue weighted by Crippen LogP contribution is -2.38. The molecule has 6 nitrogen and oxygen atoms in total. The second-order valence-corrected chi connectivity index (χ2v) is 6.39. The number of hydrogen-bond donors (Lipinski definition) is 1. The van der Waals surface area contributed by atoms with Crippen LogP contribution in [0.3, 0.4) is 0 Å². The average Bonchev–Trinajstić information content (AvgIpc) is 2.44. The van der Waals surface area contributed by atoms with E-state index in [1.807, 2.05) is 0 Å². The summed E-state index contributed by atoms with van der Waals surface area (Å²) in [5.41, 5.74) is 0.638. The first-order valence-corrected chi connectivity index (χ1v) is 8.06. The molecule has 0 amide bonds. The van der Waals surface area contributed by atoms with Gasteiger partial charge in [0.15, 0.2) is 0 Å². The highest BCUT2D eigenvalue weighted by molar-refractivity contribution is 9.10. The summed E-state index contributed by atoms with van der Waals surface area (Å²) in [6.07, 6.45) is 5.18. The van der Waals surface area contributed by atoms with Crippen LogP contribution in [0.1, 0.15) is 31.7 Å². The monoisotopic (exact) mass is 356 g/mol. The zero-order valence-corrected chi connectivity index (χ0v) is 14.0. The van der Waals surface area contributed by atoms with Crippen LogP contribution in [0.5, 0.6) is 0 Å². The molecule has 0 bridgehead atoms. The highest BCUT2D eigenvalue weighted by Crippen LogP contribution is 2.30. The summed E-state index contributed by atoms with van der Waals surface area (Å²) in [5.74, 6) is 0.669. The van der Waals surface area contributed by atoms with Crippen molar-refractivity contribution in [2.75, 3.05) is 25.0 Å². The molecule has 0 aliphatic carbocycles. The number of nitro groups is 1. The molecule has 2 rings (SSSR count). The van der Waals surface area contributed by atoms with E-state index in [0.717, 1.165) is 19.6 Å². The van der Waals surface area contributed by atoms with Gasteiger partial charge in [0.05, 0.1) is 9.40 Å². The fourth-order valence-electron chi connectivity index (χ4n) is 2.66. The van der Waals surface area contributed by atoms with Crippen molar-refractivity contribution in [3.63, 3.8) is 0 Å². The molecule has 0 saturated carbocycles. The SMILES string of the molecule is Cc1c([N+](=O)[O-])cnc(NC(C)CN2CCCCC2)c1Br. The van der Waals surface area contributed by atoms with E-state index in [1.54, 1.807) is 6.92 Å². The lowest BCUT2D eigenvalue weighted by Gasteiger charge is -2.29. The molecule has 21 heavy (non-hydrogen) atoms. The maximum atomic E-state index is 10.9. The highest BCUT2D eigenvalue weighted by Gasteiger charge is 2.19. The molecule has 1 unspecified atom stereocenters. The van der Waals surface area contributed by atoms with Crippen LogP contribution < -0.4 is 5.32 Å². The minimum absolute atomic E-state index is 0.0381. The van der Waals surface area contributed by atoms with Crippen LogP contribution in [0.4, 0.5) is 11.5 Å². The largest absolute Gasteiger partial charge is 0.365 e. The van der Waals surface area contributed by atoms with Crippen molar-refractivity contribution in [1.82, 2.24) is 9.88 Å². The van der Waals surface area contributed by atoms with Crippen LogP contribution in [0.15, 0.2) is 10.7 Å². The summed E-state index contributed by atoms with van der Waals surface area (Å²) >= 11 is 3.41. The second kappa shape index (κ2) is 7.17. The molecule has 7 heteroatoms. The molecule has 1 saturated heterocycles. The normalized spacial score (nSPS) is 17.5. The van der Waals surface area contributed by atoms with Crippen LogP contribution >= 0.6 is 15.9 Å². The van der Waals surface area contributed by atoms with Crippen molar-refractivity contribution in [3.05, 3.63) is 26.3 Å². The van der Waals surface area contributed by atoms with Gasteiger partial charge in [-0.05, 0) is 55.7 Å². The van der Waals surface area contributed by atoms with Gasteiger partial charge in [-0.15, -0.1) is 0 Å². The van der Waals surface area contributed by atoms with Gasteiger partial charge in [0.25, 0.3) is 5.69 Å². The van der Waals surface area contributed by atoms with Gasteiger partial charge in [-0.25, -0.2) is 4.98 Å². The van der Waals surface area contributed by atoms with Crippen LogP contribution in [-0.4, -0.2) is 40.5 Å². The standard InChI is InChI=1S/C14H21BrN4O2/c1-10(9-18-6-4-3-5-7-18)17-14-13(15)11(2)12(8-16-14)19(20)21/h8,10H,3-7,9H2,1-2H3,(H,16,17). The molecule has 0 spiro atoms. The third kappa shape index (κ3) is 4.14. The number of likely N-dealkylation sites (tertiary alicyclic amines) is 1.